The highest BCUT2D eigenvalue weighted by Crippen LogP contribution is 2.30. The van der Waals surface area contributed by atoms with Gasteiger partial charge in [-0.25, -0.2) is 4.79 Å². The molecule has 1 heterocycles. The Morgan fingerprint density at radius 2 is 1.59 bits per heavy atom. The van der Waals surface area contributed by atoms with Crippen LogP contribution in [0.5, 0.6) is 0 Å². The molecule has 1 saturated heterocycles. The molecule has 1 fully saturated rings. The third-order valence-electron chi connectivity index (χ3n) is 9.86. The second kappa shape index (κ2) is 21.2. The Morgan fingerprint density at radius 3 is 2.10 bits per heavy atom. The Labute approximate surface area is 341 Å². The van der Waals surface area contributed by atoms with Gasteiger partial charge < -0.3 is 44.5 Å². The fraction of sp³-hybridized carbons (Fsp3) is 0.684. The molecule has 4 N–H and O–H groups in total. The number of nitrogens with zero attached hydrogens (tertiary/aromatic N) is 2. The first-order valence-electron chi connectivity index (χ1n) is 18.9. The zero-order valence-electron chi connectivity index (χ0n) is 35.0. The quantitative estimate of drug-likeness (QED) is 0.158. The minimum atomic E-state index is -5.09. The molecule has 6 amide bonds. The van der Waals surface area contributed by atoms with E-state index in [0.29, 0.717) is 25.8 Å². The monoisotopic (exact) mass is 848 g/mol. The van der Waals surface area contributed by atoms with Crippen molar-refractivity contribution in [3.8, 4) is 0 Å². The summed E-state index contributed by atoms with van der Waals surface area (Å²) in [5.74, 6) is -5.26. The summed E-state index contributed by atoms with van der Waals surface area (Å²) >= 11 is -2.12. The van der Waals surface area contributed by atoms with Crippen LogP contribution < -0.4 is 20.7 Å². The van der Waals surface area contributed by atoms with Gasteiger partial charge in [0.2, 0.25) is 17.7 Å². The summed E-state index contributed by atoms with van der Waals surface area (Å²) in [6.45, 7) is 13.4. The molecular weight excluding hydrogens is 790 g/mol. The Morgan fingerprint density at radius 1 is 0.983 bits per heavy atom. The maximum absolute atomic E-state index is 14.0. The van der Waals surface area contributed by atoms with Gasteiger partial charge in [0.25, 0.3) is 5.91 Å². The summed E-state index contributed by atoms with van der Waals surface area (Å²) in [5, 5.41) is 6.76. The van der Waals surface area contributed by atoms with E-state index in [2.05, 4.69) is 15.4 Å². The fourth-order valence-electron chi connectivity index (χ4n) is 6.55. The first-order valence-corrected chi connectivity index (χ1v) is 20.0. The average molecular weight is 849 g/mol. The van der Waals surface area contributed by atoms with Crippen LogP contribution >= 0.6 is 0 Å². The highest BCUT2D eigenvalue weighted by molar-refractivity contribution is 7.90. The van der Waals surface area contributed by atoms with Crippen molar-refractivity contribution in [1.82, 2.24) is 25.2 Å². The van der Waals surface area contributed by atoms with E-state index in [0.717, 1.165) is 12.1 Å². The van der Waals surface area contributed by atoms with Gasteiger partial charge in [0.15, 0.2) is 4.90 Å². The van der Waals surface area contributed by atoms with Gasteiger partial charge in [-0.1, -0.05) is 27.2 Å². The number of benzene rings is 1. The van der Waals surface area contributed by atoms with E-state index in [1.54, 1.807) is 45.0 Å². The Hall–Kier alpha value is -4.14. The zero-order chi connectivity index (χ0) is 44.3. The molecule has 1 aromatic carbocycles. The van der Waals surface area contributed by atoms with Crippen molar-refractivity contribution in [2.45, 2.75) is 128 Å². The molecule has 1 aromatic rings. The molecule has 0 saturated carbocycles. The van der Waals surface area contributed by atoms with Gasteiger partial charge in [0.05, 0.1) is 43.2 Å². The summed E-state index contributed by atoms with van der Waals surface area (Å²) in [7, 11) is 4.40. The van der Waals surface area contributed by atoms with Crippen LogP contribution in [0.3, 0.4) is 0 Å². The molecule has 0 bridgehead atoms. The largest absolute Gasteiger partial charge is 0.588 e. The number of alkyl carbamates (subject to hydrolysis) is 1. The van der Waals surface area contributed by atoms with E-state index >= 15 is 0 Å². The van der Waals surface area contributed by atoms with Crippen molar-refractivity contribution in [3.63, 3.8) is 0 Å². The van der Waals surface area contributed by atoms with Crippen molar-refractivity contribution in [1.29, 1.82) is 0 Å². The highest BCUT2D eigenvalue weighted by Gasteiger charge is 2.43. The van der Waals surface area contributed by atoms with Gasteiger partial charge in [0, 0.05) is 33.5 Å². The topological polar surface area (TPSA) is 208 Å². The number of rotatable bonds is 18. The van der Waals surface area contributed by atoms with Gasteiger partial charge in [-0.15, -0.1) is 0 Å². The number of halogens is 3. The van der Waals surface area contributed by atoms with Crippen LogP contribution in [0.25, 0.3) is 0 Å². The normalized spacial score (nSPS) is 17.8. The summed E-state index contributed by atoms with van der Waals surface area (Å²) in [6.07, 6.45) is -5.87. The maximum Gasteiger partial charge on any atom is 0.471 e. The number of hydrogen-bond acceptors (Lipinski definition) is 10. The SMILES string of the molecule is CCC(C)[C@@H](C(CC(=O)N1CCCC1C(OC)C(C)C(=O)N[S+]([O-])c1ccc(NC(=O)C(F)(F)F)cc1)OC)N(C)C(=O)CNC(=O)C(C)(C)NC(=O)OC(C)(C)C. The lowest BCUT2D eigenvalue weighted by Crippen LogP contribution is -2.58. The maximum atomic E-state index is 14.0. The molecule has 2 rings (SSSR count). The van der Waals surface area contributed by atoms with Gasteiger partial charge in [-0.05, 0) is 77.6 Å². The van der Waals surface area contributed by atoms with Gasteiger partial charge in [0.1, 0.15) is 22.5 Å². The number of likely N-dealkylation sites (N-methyl/N-ethyl adjacent to an activating group) is 1. The van der Waals surface area contributed by atoms with Crippen LogP contribution in [-0.4, -0.2) is 126 Å². The summed E-state index contributed by atoms with van der Waals surface area (Å²) in [5.41, 5.74) is -2.37. The molecule has 0 aromatic heterocycles. The van der Waals surface area contributed by atoms with Crippen molar-refractivity contribution in [2.24, 2.45) is 11.8 Å². The Kier molecular flexibility index (Phi) is 18.3. The smallest absolute Gasteiger partial charge is 0.471 e. The van der Waals surface area contributed by atoms with Crippen LogP contribution in [0, 0.1) is 11.8 Å². The van der Waals surface area contributed by atoms with Gasteiger partial charge in [-0.3, -0.25) is 24.0 Å². The van der Waals surface area contributed by atoms with Gasteiger partial charge in [-0.2, -0.15) is 17.9 Å². The van der Waals surface area contributed by atoms with Crippen molar-refractivity contribution >= 4 is 52.7 Å². The molecule has 6 unspecified atom stereocenters. The number of amides is 6. The highest BCUT2D eigenvalue weighted by atomic mass is 32.2. The first-order chi connectivity index (χ1) is 26.8. The number of carbonyl (C=O) groups excluding carboxylic acids is 6. The third-order valence-corrected chi connectivity index (χ3v) is 10.9. The fourth-order valence-corrected chi connectivity index (χ4v) is 7.42. The van der Waals surface area contributed by atoms with E-state index in [1.807, 2.05) is 13.8 Å². The van der Waals surface area contributed by atoms with Crippen LogP contribution in [0.4, 0.5) is 23.7 Å². The van der Waals surface area contributed by atoms with Crippen LogP contribution in [-0.2, 0) is 49.5 Å². The molecule has 16 nitrogen and oxygen atoms in total. The van der Waals surface area contributed by atoms with E-state index in [-0.39, 0.29) is 28.8 Å². The van der Waals surface area contributed by atoms with Crippen molar-refractivity contribution < 1.29 is 60.7 Å². The molecule has 0 radical (unpaired) electrons. The number of hydrogen-bond donors (Lipinski definition) is 4. The van der Waals surface area contributed by atoms with Crippen LogP contribution in [0.15, 0.2) is 29.2 Å². The van der Waals surface area contributed by atoms with Crippen molar-refractivity contribution in [2.75, 3.05) is 39.7 Å². The molecule has 58 heavy (non-hydrogen) atoms. The molecule has 20 heteroatoms. The van der Waals surface area contributed by atoms with Crippen molar-refractivity contribution in [3.05, 3.63) is 24.3 Å². The second-order valence-electron chi connectivity index (χ2n) is 15.8. The minimum Gasteiger partial charge on any atom is -0.588 e. The third kappa shape index (κ3) is 14.3. The Balaban J connectivity index is 2.12. The van der Waals surface area contributed by atoms with E-state index in [1.165, 1.54) is 45.1 Å². The lowest BCUT2D eigenvalue weighted by molar-refractivity contribution is -0.167. The number of nitrogens with one attached hydrogen (secondary N) is 4. The Bertz CT molecular complexity index is 1590. The molecule has 7 atom stereocenters. The number of anilines is 1. The number of alkyl halides is 3. The molecule has 0 spiro atoms. The predicted octanol–water partition coefficient (Wildman–Crippen LogP) is 3.67. The molecule has 0 aliphatic carbocycles. The van der Waals surface area contributed by atoms with E-state index in [9.17, 15) is 46.5 Å². The van der Waals surface area contributed by atoms with E-state index in [4.69, 9.17) is 14.2 Å². The van der Waals surface area contributed by atoms with Gasteiger partial charge >= 0.3 is 18.2 Å². The van der Waals surface area contributed by atoms with Crippen LogP contribution in [0.1, 0.15) is 81.1 Å². The average Bonchev–Trinajstić information content (AvgIpc) is 3.61. The zero-order valence-corrected chi connectivity index (χ0v) is 35.9. The standard InChI is InChI=1S/C38H59F3N6O10S/c1-12-22(2)30(46(9)29(49)21-42-33(51)37(7,8)44-35(53)57-36(4,5)6)27(55-10)20-28(48)47-19-13-14-26(47)31(56-11)23(3)32(50)45-58(54)25-17-15-24(16-18-25)43-34(52)38(39,40)41/h15-18,22-23,26-27,30-31H,12-14,19-21H2,1-11H3,(H,42,51)(H,43,52)(H,44,53)(H,45,50)/t22?,23?,26?,27?,30-,31?,58?/m0/s1. The lowest BCUT2D eigenvalue weighted by atomic mass is 9.90. The molecular formula is C38H59F3N6O10S. The summed E-state index contributed by atoms with van der Waals surface area (Å²) in [6, 6.07) is 3.50. The molecule has 1 aliphatic heterocycles. The van der Waals surface area contributed by atoms with Crippen LogP contribution in [0.2, 0.25) is 0 Å². The molecule has 328 valence electrons. The number of methoxy groups -OCH3 is 2. The first kappa shape index (κ1) is 50.0. The number of carbonyl (C=O) groups is 6. The second-order valence-corrected chi connectivity index (χ2v) is 17.0. The minimum absolute atomic E-state index is 0.0588. The number of ether oxygens (including phenoxy) is 3. The number of likely N-dealkylation sites (tertiary alicyclic amines) is 1. The van der Waals surface area contributed by atoms with E-state index < -0.39 is 95.2 Å². The lowest BCUT2D eigenvalue weighted by Gasteiger charge is -2.39. The summed E-state index contributed by atoms with van der Waals surface area (Å²) in [4.78, 5) is 80.4. The summed E-state index contributed by atoms with van der Waals surface area (Å²) < 4.78 is 69.9. The molecule has 1 aliphatic rings. The predicted molar refractivity (Wildman–Crippen MR) is 208 cm³/mol.